The van der Waals surface area contributed by atoms with Crippen molar-refractivity contribution in [2.24, 2.45) is 5.73 Å². The van der Waals surface area contributed by atoms with E-state index in [0.29, 0.717) is 24.2 Å². The Labute approximate surface area is 108 Å². The molecule has 2 aromatic rings. The number of nitrogens with one attached hydrogen (secondary N) is 1. The molecule has 3 N–H and O–H groups in total. The van der Waals surface area contributed by atoms with Gasteiger partial charge in [0, 0.05) is 17.4 Å². The smallest absolute Gasteiger partial charge is 0.407 e. The molecule has 6 heteroatoms. The highest BCUT2D eigenvalue weighted by Crippen LogP contribution is 2.22. The van der Waals surface area contributed by atoms with Crippen molar-refractivity contribution >= 4 is 23.0 Å². The van der Waals surface area contributed by atoms with E-state index in [4.69, 9.17) is 14.9 Å². The molecule has 1 fully saturated rings. The van der Waals surface area contributed by atoms with Crippen LogP contribution in [0.1, 0.15) is 16.1 Å². The number of hydrogen-bond acceptors (Lipinski definition) is 4. The number of primary amides is 1. The fourth-order valence-electron chi connectivity index (χ4n) is 2.13. The van der Waals surface area contributed by atoms with E-state index in [1.807, 2.05) is 6.07 Å². The minimum atomic E-state index is -0.471. The van der Waals surface area contributed by atoms with Crippen molar-refractivity contribution in [3.63, 3.8) is 0 Å². The minimum Gasteiger partial charge on any atom is -0.461 e. The number of carbonyl (C=O) groups is 2. The SMILES string of the molecule is NC(=O)c1ccc2oc(CC3COC(=O)N3)cc2c1. The Morgan fingerprint density at radius 3 is 2.95 bits per heavy atom. The lowest BCUT2D eigenvalue weighted by Gasteiger charge is -2.02. The molecule has 1 saturated heterocycles. The topological polar surface area (TPSA) is 94.6 Å². The van der Waals surface area contributed by atoms with E-state index < -0.39 is 12.0 Å². The van der Waals surface area contributed by atoms with E-state index in [-0.39, 0.29) is 6.04 Å². The average Bonchev–Trinajstić information content (AvgIpc) is 2.94. The first-order valence-electron chi connectivity index (χ1n) is 5.87. The molecular weight excluding hydrogens is 248 g/mol. The van der Waals surface area contributed by atoms with Crippen LogP contribution in [0, 0.1) is 0 Å². The Hall–Kier alpha value is -2.50. The Balaban J connectivity index is 1.85. The molecule has 0 bridgehead atoms. The number of hydrogen-bond donors (Lipinski definition) is 2. The Bertz CT molecular complexity index is 662. The van der Waals surface area contributed by atoms with Crippen molar-refractivity contribution in [1.82, 2.24) is 5.32 Å². The Morgan fingerprint density at radius 2 is 2.26 bits per heavy atom. The van der Waals surface area contributed by atoms with E-state index in [2.05, 4.69) is 5.32 Å². The third kappa shape index (κ3) is 2.24. The molecule has 1 unspecified atom stereocenters. The summed E-state index contributed by atoms with van der Waals surface area (Å²) in [6, 6.07) is 6.78. The van der Waals surface area contributed by atoms with Crippen LogP contribution in [-0.2, 0) is 11.2 Å². The third-order valence-corrected chi connectivity index (χ3v) is 3.04. The molecule has 1 aromatic carbocycles. The number of rotatable bonds is 3. The number of benzene rings is 1. The van der Waals surface area contributed by atoms with Gasteiger partial charge in [-0.1, -0.05) is 0 Å². The fourth-order valence-corrected chi connectivity index (χ4v) is 2.13. The van der Waals surface area contributed by atoms with Crippen LogP contribution in [-0.4, -0.2) is 24.6 Å². The lowest BCUT2D eigenvalue weighted by Crippen LogP contribution is -2.27. The highest BCUT2D eigenvalue weighted by molar-refractivity contribution is 5.96. The van der Waals surface area contributed by atoms with Crippen molar-refractivity contribution in [2.75, 3.05) is 6.61 Å². The number of cyclic esters (lactones) is 1. The van der Waals surface area contributed by atoms with Gasteiger partial charge in [-0.25, -0.2) is 4.79 Å². The predicted molar refractivity (Wildman–Crippen MR) is 66.7 cm³/mol. The van der Waals surface area contributed by atoms with Crippen LogP contribution < -0.4 is 11.1 Å². The monoisotopic (exact) mass is 260 g/mol. The molecule has 1 aliphatic rings. The highest BCUT2D eigenvalue weighted by Gasteiger charge is 2.23. The minimum absolute atomic E-state index is 0.0799. The second-order valence-electron chi connectivity index (χ2n) is 4.47. The third-order valence-electron chi connectivity index (χ3n) is 3.04. The lowest BCUT2D eigenvalue weighted by atomic mass is 10.1. The van der Waals surface area contributed by atoms with Crippen LogP contribution in [0.2, 0.25) is 0 Å². The van der Waals surface area contributed by atoms with E-state index in [1.165, 1.54) is 0 Å². The van der Waals surface area contributed by atoms with Gasteiger partial charge in [-0.2, -0.15) is 0 Å². The van der Waals surface area contributed by atoms with Gasteiger partial charge in [-0.15, -0.1) is 0 Å². The molecule has 19 heavy (non-hydrogen) atoms. The number of alkyl carbamates (subject to hydrolysis) is 1. The summed E-state index contributed by atoms with van der Waals surface area (Å²) in [5, 5.41) is 3.50. The van der Waals surface area contributed by atoms with Crippen LogP contribution in [0.15, 0.2) is 28.7 Å². The summed E-state index contributed by atoms with van der Waals surface area (Å²) in [5.41, 5.74) is 6.35. The van der Waals surface area contributed by atoms with E-state index in [0.717, 1.165) is 11.1 Å². The van der Waals surface area contributed by atoms with E-state index in [9.17, 15) is 9.59 Å². The molecule has 3 rings (SSSR count). The van der Waals surface area contributed by atoms with Crippen molar-refractivity contribution in [1.29, 1.82) is 0 Å². The first-order chi connectivity index (χ1) is 9.11. The molecule has 1 aliphatic heterocycles. The largest absolute Gasteiger partial charge is 0.461 e. The van der Waals surface area contributed by atoms with Gasteiger partial charge in [0.15, 0.2) is 0 Å². The summed E-state index contributed by atoms with van der Waals surface area (Å²) < 4.78 is 10.5. The van der Waals surface area contributed by atoms with E-state index in [1.54, 1.807) is 18.2 Å². The average molecular weight is 260 g/mol. The van der Waals surface area contributed by atoms with Gasteiger partial charge in [0.2, 0.25) is 5.91 Å². The van der Waals surface area contributed by atoms with Gasteiger partial charge < -0.3 is 20.2 Å². The number of amides is 2. The maximum atomic E-state index is 11.1. The summed E-state index contributed by atoms with van der Waals surface area (Å²) in [7, 11) is 0. The van der Waals surface area contributed by atoms with Crippen LogP contribution >= 0.6 is 0 Å². The molecule has 1 aromatic heterocycles. The van der Waals surface area contributed by atoms with Crippen LogP contribution in [0.5, 0.6) is 0 Å². The summed E-state index contributed by atoms with van der Waals surface area (Å²) in [4.78, 5) is 22.0. The molecule has 0 radical (unpaired) electrons. The molecule has 2 amide bonds. The van der Waals surface area contributed by atoms with E-state index >= 15 is 0 Å². The number of furan rings is 1. The molecule has 0 saturated carbocycles. The molecule has 98 valence electrons. The van der Waals surface area contributed by atoms with Gasteiger partial charge in [-0.05, 0) is 24.3 Å². The van der Waals surface area contributed by atoms with Gasteiger partial charge in [0.25, 0.3) is 0 Å². The quantitative estimate of drug-likeness (QED) is 0.866. The van der Waals surface area contributed by atoms with Crippen molar-refractivity contribution in [3.05, 3.63) is 35.6 Å². The first kappa shape index (κ1) is 11.6. The maximum absolute atomic E-state index is 11.1. The zero-order chi connectivity index (χ0) is 13.4. The van der Waals surface area contributed by atoms with Gasteiger partial charge in [-0.3, -0.25) is 4.79 Å². The van der Waals surface area contributed by atoms with Crippen molar-refractivity contribution in [3.8, 4) is 0 Å². The van der Waals surface area contributed by atoms with Gasteiger partial charge >= 0.3 is 6.09 Å². The van der Waals surface area contributed by atoms with Crippen LogP contribution in [0.25, 0.3) is 11.0 Å². The van der Waals surface area contributed by atoms with Gasteiger partial charge in [0.1, 0.15) is 18.0 Å². The lowest BCUT2D eigenvalue weighted by molar-refractivity contribution is 0.100. The summed E-state index contributed by atoms with van der Waals surface area (Å²) in [5.74, 6) is 0.258. The van der Waals surface area contributed by atoms with Crippen molar-refractivity contribution in [2.45, 2.75) is 12.5 Å². The normalized spacial score (nSPS) is 18.3. The van der Waals surface area contributed by atoms with Crippen molar-refractivity contribution < 1.29 is 18.7 Å². The second kappa shape index (κ2) is 4.31. The Morgan fingerprint density at radius 1 is 1.42 bits per heavy atom. The van der Waals surface area contributed by atoms with Crippen LogP contribution in [0.3, 0.4) is 0 Å². The fraction of sp³-hybridized carbons (Fsp3) is 0.231. The molecule has 0 aliphatic carbocycles. The summed E-state index contributed by atoms with van der Waals surface area (Å²) in [6.45, 7) is 0.336. The highest BCUT2D eigenvalue weighted by atomic mass is 16.6. The second-order valence-corrected chi connectivity index (χ2v) is 4.47. The zero-order valence-electron chi connectivity index (χ0n) is 10.0. The molecule has 0 spiro atoms. The molecule has 2 heterocycles. The standard InChI is InChI=1S/C13H12N2O4/c14-12(16)7-1-2-11-8(3-7)4-10(19-11)5-9-6-18-13(17)15-9/h1-4,9H,5-6H2,(H2,14,16)(H,15,17). The molecule has 6 nitrogen and oxygen atoms in total. The molecule has 1 atom stereocenters. The summed E-state index contributed by atoms with van der Waals surface area (Å²) >= 11 is 0. The number of carbonyl (C=O) groups excluding carboxylic acids is 2. The van der Waals surface area contributed by atoms with Crippen LogP contribution in [0.4, 0.5) is 4.79 Å². The Kier molecular flexibility index (Phi) is 2.63. The maximum Gasteiger partial charge on any atom is 0.407 e. The molecular formula is C13H12N2O4. The van der Waals surface area contributed by atoms with Gasteiger partial charge in [0.05, 0.1) is 6.04 Å². The number of ether oxygens (including phenoxy) is 1. The predicted octanol–water partition coefficient (Wildman–Crippen LogP) is 1.18. The first-order valence-corrected chi connectivity index (χ1v) is 5.87. The number of fused-ring (bicyclic) bond motifs is 1. The summed E-state index contributed by atoms with van der Waals surface area (Å²) in [6.07, 6.45) is 0.143. The number of nitrogens with two attached hydrogens (primary N) is 1. The zero-order valence-corrected chi connectivity index (χ0v) is 10.0.